The molecule has 0 spiro atoms. The van der Waals surface area contributed by atoms with Gasteiger partial charge in [-0.2, -0.15) is 11.8 Å². The number of nitrogens with zero attached hydrogens (tertiary/aromatic N) is 1. The van der Waals surface area contributed by atoms with Gasteiger partial charge in [-0.25, -0.2) is 4.79 Å². The number of hydrogen-bond donors (Lipinski definition) is 1. The maximum absolute atomic E-state index is 10.9. The molecule has 1 aromatic carbocycles. The van der Waals surface area contributed by atoms with E-state index in [1.165, 1.54) is 49.4 Å². The van der Waals surface area contributed by atoms with Crippen LogP contribution in [0.1, 0.15) is 35.2 Å². The highest BCUT2D eigenvalue weighted by atomic mass is 32.2. The zero-order valence-corrected chi connectivity index (χ0v) is 13.1. The molecule has 3 nitrogen and oxygen atoms in total. The van der Waals surface area contributed by atoms with Crippen molar-refractivity contribution in [1.82, 2.24) is 4.90 Å². The quantitative estimate of drug-likeness (QED) is 0.928. The summed E-state index contributed by atoms with van der Waals surface area (Å²) >= 11 is 2.09. The normalized spacial score (nSPS) is 24.3. The summed E-state index contributed by atoms with van der Waals surface area (Å²) in [5.74, 6) is 2.53. The first kappa shape index (κ1) is 14.9. The zero-order valence-electron chi connectivity index (χ0n) is 12.3. The monoisotopic (exact) mass is 305 g/mol. The van der Waals surface area contributed by atoms with Gasteiger partial charge in [0.25, 0.3) is 0 Å². The minimum Gasteiger partial charge on any atom is -0.478 e. The van der Waals surface area contributed by atoms with Gasteiger partial charge in [-0.3, -0.25) is 0 Å². The Hall–Kier alpha value is -1.00. The highest BCUT2D eigenvalue weighted by molar-refractivity contribution is 7.99. The Kier molecular flexibility index (Phi) is 4.86. The van der Waals surface area contributed by atoms with Crippen molar-refractivity contribution < 1.29 is 9.90 Å². The van der Waals surface area contributed by atoms with Crippen molar-refractivity contribution in [2.75, 3.05) is 24.6 Å². The molecule has 0 amide bonds. The Morgan fingerprint density at radius 3 is 2.57 bits per heavy atom. The Balaban J connectivity index is 1.53. The maximum atomic E-state index is 10.9. The number of likely N-dealkylation sites (tertiary alicyclic amines) is 1. The fourth-order valence-corrected chi connectivity index (χ4v) is 4.61. The van der Waals surface area contributed by atoms with Crippen LogP contribution in [0.25, 0.3) is 0 Å². The van der Waals surface area contributed by atoms with Gasteiger partial charge in [-0.1, -0.05) is 12.1 Å². The van der Waals surface area contributed by atoms with E-state index in [1.54, 1.807) is 12.1 Å². The average Bonchev–Trinajstić information content (AvgIpc) is 2.97. The van der Waals surface area contributed by atoms with Gasteiger partial charge < -0.3 is 10.0 Å². The molecular weight excluding hydrogens is 282 g/mol. The number of carboxylic acids is 1. The molecule has 1 unspecified atom stereocenters. The summed E-state index contributed by atoms with van der Waals surface area (Å²) < 4.78 is 0. The lowest BCUT2D eigenvalue weighted by Gasteiger charge is -2.30. The maximum Gasteiger partial charge on any atom is 0.335 e. The highest BCUT2D eigenvalue weighted by Gasteiger charge is 2.29. The van der Waals surface area contributed by atoms with Gasteiger partial charge in [0.2, 0.25) is 0 Å². The third-order valence-electron chi connectivity index (χ3n) is 4.75. The number of aromatic carboxylic acids is 1. The number of rotatable bonds is 4. The SMILES string of the molecule is O=C(O)c1ccc(CC2CCN(C3CCSCC3)C2)cc1. The van der Waals surface area contributed by atoms with Crippen molar-refractivity contribution >= 4 is 17.7 Å². The second kappa shape index (κ2) is 6.84. The van der Waals surface area contributed by atoms with Crippen molar-refractivity contribution in [3.05, 3.63) is 35.4 Å². The predicted molar refractivity (Wildman–Crippen MR) is 87.1 cm³/mol. The minimum atomic E-state index is -0.844. The first-order valence-electron chi connectivity index (χ1n) is 7.86. The van der Waals surface area contributed by atoms with E-state index in [4.69, 9.17) is 5.11 Å². The molecule has 4 heteroatoms. The minimum absolute atomic E-state index is 0.381. The van der Waals surface area contributed by atoms with E-state index >= 15 is 0 Å². The van der Waals surface area contributed by atoms with Crippen LogP contribution in [0, 0.1) is 5.92 Å². The van der Waals surface area contributed by atoms with E-state index in [2.05, 4.69) is 16.7 Å². The number of carboxylic acid groups (broad SMARTS) is 1. The summed E-state index contributed by atoms with van der Waals surface area (Å²) in [6.45, 7) is 2.46. The van der Waals surface area contributed by atoms with Crippen LogP contribution in [-0.2, 0) is 6.42 Å². The van der Waals surface area contributed by atoms with E-state index in [9.17, 15) is 4.79 Å². The van der Waals surface area contributed by atoms with Crippen LogP contribution < -0.4 is 0 Å². The summed E-state index contributed by atoms with van der Waals surface area (Å²) in [6.07, 6.45) is 5.07. The second-order valence-electron chi connectivity index (χ2n) is 6.20. The molecule has 1 aromatic rings. The average molecular weight is 305 g/mol. The van der Waals surface area contributed by atoms with Gasteiger partial charge in [-0.05, 0) is 67.3 Å². The molecule has 3 rings (SSSR count). The summed E-state index contributed by atoms with van der Waals surface area (Å²) in [7, 11) is 0. The molecule has 0 saturated carbocycles. The van der Waals surface area contributed by atoms with Crippen molar-refractivity contribution in [3.63, 3.8) is 0 Å². The molecule has 1 atom stereocenters. The zero-order chi connectivity index (χ0) is 14.7. The topological polar surface area (TPSA) is 40.5 Å². The summed E-state index contributed by atoms with van der Waals surface area (Å²) in [6, 6.07) is 8.21. The standard InChI is InChI=1S/C17H23NO2S/c19-17(20)15-3-1-13(2-4-15)11-14-5-8-18(12-14)16-6-9-21-10-7-16/h1-4,14,16H,5-12H2,(H,19,20). The lowest BCUT2D eigenvalue weighted by Crippen LogP contribution is -2.36. The molecule has 2 aliphatic rings. The van der Waals surface area contributed by atoms with Crippen molar-refractivity contribution in [2.45, 2.75) is 31.7 Å². The summed E-state index contributed by atoms with van der Waals surface area (Å²) in [5.41, 5.74) is 1.65. The molecule has 21 heavy (non-hydrogen) atoms. The molecule has 0 aromatic heterocycles. The number of thioether (sulfide) groups is 1. The number of hydrogen-bond acceptors (Lipinski definition) is 3. The molecular formula is C17H23NO2S. The lowest BCUT2D eigenvalue weighted by atomic mass is 9.98. The lowest BCUT2D eigenvalue weighted by molar-refractivity contribution is 0.0697. The fraction of sp³-hybridized carbons (Fsp3) is 0.588. The molecule has 2 saturated heterocycles. The molecule has 114 valence electrons. The van der Waals surface area contributed by atoms with Crippen molar-refractivity contribution in [3.8, 4) is 0 Å². The van der Waals surface area contributed by atoms with E-state index in [1.807, 2.05) is 12.1 Å². The first-order chi connectivity index (χ1) is 10.2. The third-order valence-corrected chi connectivity index (χ3v) is 5.80. The van der Waals surface area contributed by atoms with Gasteiger partial charge in [0, 0.05) is 12.6 Å². The Morgan fingerprint density at radius 2 is 1.90 bits per heavy atom. The molecule has 2 heterocycles. The van der Waals surface area contributed by atoms with Gasteiger partial charge in [0.1, 0.15) is 0 Å². The molecule has 2 aliphatic heterocycles. The second-order valence-corrected chi connectivity index (χ2v) is 7.42. The smallest absolute Gasteiger partial charge is 0.335 e. The highest BCUT2D eigenvalue weighted by Crippen LogP contribution is 2.28. The van der Waals surface area contributed by atoms with E-state index in [-0.39, 0.29) is 0 Å². The molecule has 2 fully saturated rings. The number of carbonyl (C=O) groups is 1. The molecule has 1 N–H and O–H groups in total. The van der Waals surface area contributed by atoms with Crippen LogP contribution in [0.4, 0.5) is 0 Å². The van der Waals surface area contributed by atoms with Gasteiger partial charge in [-0.15, -0.1) is 0 Å². The Labute approximate surface area is 130 Å². The molecule has 0 bridgehead atoms. The van der Waals surface area contributed by atoms with Crippen LogP contribution in [-0.4, -0.2) is 46.6 Å². The Morgan fingerprint density at radius 1 is 1.19 bits per heavy atom. The van der Waals surface area contributed by atoms with Crippen LogP contribution in [0.2, 0.25) is 0 Å². The van der Waals surface area contributed by atoms with Crippen LogP contribution >= 0.6 is 11.8 Å². The molecule has 0 aliphatic carbocycles. The summed E-state index contributed by atoms with van der Waals surface area (Å²) in [5, 5.41) is 8.93. The van der Waals surface area contributed by atoms with Crippen molar-refractivity contribution in [2.24, 2.45) is 5.92 Å². The predicted octanol–water partition coefficient (Wildman–Crippen LogP) is 3.14. The number of benzene rings is 1. The van der Waals surface area contributed by atoms with E-state index in [0.717, 1.165) is 18.4 Å². The van der Waals surface area contributed by atoms with Crippen LogP contribution in [0.3, 0.4) is 0 Å². The van der Waals surface area contributed by atoms with Crippen LogP contribution in [0.5, 0.6) is 0 Å². The van der Waals surface area contributed by atoms with E-state index in [0.29, 0.717) is 5.56 Å². The van der Waals surface area contributed by atoms with Crippen molar-refractivity contribution in [1.29, 1.82) is 0 Å². The summed E-state index contributed by atoms with van der Waals surface area (Å²) in [4.78, 5) is 13.6. The van der Waals surface area contributed by atoms with E-state index < -0.39 is 5.97 Å². The van der Waals surface area contributed by atoms with Crippen LogP contribution in [0.15, 0.2) is 24.3 Å². The fourth-order valence-electron chi connectivity index (χ4n) is 3.53. The third kappa shape index (κ3) is 3.80. The van der Waals surface area contributed by atoms with Gasteiger partial charge >= 0.3 is 5.97 Å². The van der Waals surface area contributed by atoms with Gasteiger partial charge in [0.15, 0.2) is 0 Å². The molecule has 0 radical (unpaired) electrons. The largest absolute Gasteiger partial charge is 0.478 e. The first-order valence-corrected chi connectivity index (χ1v) is 9.02. The van der Waals surface area contributed by atoms with Gasteiger partial charge in [0.05, 0.1) is 5.56 Å². The Bertz CT molecular complexity index is 482.